The van der Waals surface area contributed by atoms with E-state index in [9.17, 15) is 9.59 Å². The second-order valence-corrected chi connectivity index (χ2v) is 5.05. The van der Waals surface area contributed by atoms with E-state index in [1.165, 1.54) is 0 Å². The molecule has 0 aromatic carbocycles. The molecule has 0 saturated carbocycles. The van der Waals surface area contributed by atoms with Crippen LogP contribution in [0.4, 0.5) is 0 Å². The number of hydrogen-bond donors (Lipinski definition) is 2. The Labute approximate surface area is 106 Å². The summed E-state index contributed by atoms with van der Waals surface area (Å²) in [6.07, 6.45) is 1.74. The quantitative estimate of drug-likeness (QED) is 0.730. The van der Waals surface area contributed by atoms with Gasteiger partial charge < -0.3 is 20.1 Å². The lowest BCUT2D eigenvalue weighted by Crippen LogP contribution is -2.42. The maximum absolute atomic E-state index is 11.8. The molecule has 2 saturated heterocycles. The van der Waals surface area contributed by atoms with E-state index in [2.05, 4.69) is 17.3 Å². The number of amides is 1. The number of carboxylic acid groups (broad SMARTS) is 1. The van der Waals surface area contributed by atoms with Crippen LogP contribution in [0, 0.1) is 0 Å². The fourth-order valence-corrected chi connectivity index (χ4v) is 2.58. The lowest BCUT2D eigenvalue weighted by Gasteiger charge is -2.20. The summed E-state index contributed by atoms with van der Waals surface area (Å²) in [4.78, 5) is 24.8. The first-order valence-electron chi connectivity index (χ1n) is 6.44. The van der Waals surface area contributed by atoms with Crippen LogP contribution in [0.25, 0.3) is 0 Å². The second-order valence-electron chi connectivity index (χ2n) is 5.05. The van der Waals surface area contributed by atoms with E-state index >= 15 is 0 Å². The molecule has 2 aliphatic rings. The SMILES string of the molecule is CN1CCCC1CNC(=O)[C@@H]1CC[C@H](C(=O)O)O1. The molecule has 0 spiro atoms. The largest absolute Gasteiger partial charge is 0.479 e. The Hall–Kier alpha value is -1.14. The van der Waals surface area contributed by atoms with Crippen molar-refractivity contribution in [3.05, 3.63) is 0 Å². The molecule has 1 amide bonds. The van der Waals surface area contributed by atoms with Crippen LogP contribution in [0.15, 0.2) is 0 Å². The van der Waals surface area contributed by atoms with Crippen molar-refractivity contribution in [2.75, 3.05) is 20.1 Å². The summed E-state index contributed by atoms with van der Waals surface area (Å²) in [5.74, 6) is -1.17. The van der Waals surface area contributed by atoms with Gasteiger partial charge in [0, 0.05) is 12.6 Å². The van der Waals surface area contributed by atoms with Gasteiger partial charge in [-0.1, -0.05) is 0 Å². The lowest BCUT2D eigenvalue weighted by molar-refractivity contribution is -0.151. The van der Waals surface area contributed by atoms with E-state index in [1.807, 2.05) is 0 Å². The van der Waals surface area contributed by atoms with Crippen molar-refractivity contribution in [2.45, 2.75) is 43.9 Å². The van der Waals surface area contributed by atoms with Crippen LogP contribution in [0.1, 0.15) is 25.7 Å². The number of nitrogens with zero attached hydrogens (tertiary/aromatic N) is 1. The molecule has 2 N–H and O–H groups in total. The molecule has 102 valence electrons. The number of carbonyl (C=O) groups excluding carboxylic acids is 1. The number of carboxylic acids is 1. The summed E-state index contributed by atoms with van der Waals surface area (Å²) in [5, 5.41) is 11.6. The van der Waals surface area contributed by atoms with E-state index in [0.717, 1.165) is 19.4 Å². The molecule has 0 aromatic rings. The molecule has 0 radical (unpaired) electrons. The summed E-state index contributed by atoms with van der Waals surface area (Å²) in [6.45, 7) is 1.69. The number of aliphatic carboxylic acids is 1. The van der Waals surface area contributed by atoms with E-state index in [1.54, 1.807) is 0 Å². The molecule has 3 atom stereocenters. The number of rotatable bonds is 4. The van der Waals surface area contributed by atoms with Gasteiger partial charge in [-0.05, 0) is 39.3 Å². The highest BCUT2D eigenvalue weighted by molar-refractivity contribution is 5.82. The first-order chi connectivity index (χ1) is 8.58. The van der Waals surface area contributed by atoms with E-state index in [0.29, 0.717) is 25.4 Å². The Morgan fingerprint density at radius 1 is 1.33 bits per heavy atom. The molecule has 0 aromatic heterocycles. The highest BCUT2D eigenvalue weighted by Crippen LogP contribution is 2.20. The van der Waals surface area contributed by atoms with Crippen molar-refractivity contribution in [2.24, 2.45) is 0 Å². The third-order valence-electron chi connectivity index (χ3n) is 3.77. The van der Waals surface area contributed by atoms with Crippen LogP contribution in [-0.2, 0) is 14.3 Å². The highest BCUT2D eigenvalue weighted by atomic mass is 16.5. The van der Waals surface area contributed by atoms with Gasteiger partial charge in [0.15, 0.2) is 6.10 Å². The Balaban J connectivity index is 1.74. The smallest absolute Gasteiger partial charge is 0.332 e. The van der Waals surface area contributed by atoms with E-state index in [-0.39, 0.29) is 5.91 Å². The van der Waals surface area contributed by atoms with Gasteiger partial charge in [-0.3, -0.25) is 4.79 Å². The lowest BCUT2D eigenvalue weighted by atomic mass is 10.2. The summed E-state index contributed by atoms with van der Waals surface area (Å²) in [6, 6.07) is 0.394. The first kappa shape index (κ1) is 13.3. The normalized spacial score (nSPS) is 32.6. The predicted octanol–water partition coefficient (Wildman–Crippen LogP) is -0.171. The molecule has 18 heavy (non-hydrogen) atoms. The summed E-state index contributed by atoms with van der Waals surface area (Å²) in [5.41, 5.74) is 0. The van der Waals surface area contributed by atoms with Crippen LogP contribution in [0.5, 0.6) is 0 Å². The highest BCUT2D eigenvalue weighted by Gasteiger charge is 2.35. The van der Waals surface area contributed by atoms with E-state index in [4.69, 9.17) is 9.84 Å². The maximum Gasteiger partial charge on any atom is 0.332 e. The van der Waals surface area contributed by atoms with Crippen LogP contribution in [0.2, 0.25) is 0 Å². The number of nitrogens with one attached hydrogen (secondary N) is 1. The Morgan fingerprint density at radius 2 is 2.06 bits per heavy atom. The number of hydrogen-bond acceptors (Lipinski definition) is 4. The van der Waals surface area contributed by atoms with Crippen LogP contribution in [-0.4, -0.2) is 60.3 Å². The fourth-order valence-electron chi connectivity index (χ4n) is 2.58. The molecule has 6 nitrogen and oxygen atoms in total. The molecule has 6 heteroatoms. The van der Waals surface area contributed by atoms with Crippen LogP contribution in [0.3, 0.4) is 0 Å². The van der Waals surface area contributed by atoms with Crippen molar-refractivity contribution in [3.8, 4) is 0 Å². The Bertz CT molecular complexity index is 334. The third kappa shape index (κ3) is 3.00. The number of likely N-dealkylation sites (N-methyl/N-ethyl adjacent to an activating group) is 1. The Morgan fingerprint density at radius 3 is 2.61 bits per heavy atom. The molecule has 2 aliphatic heterocycles. The van der Waals surface area contributed by atoms with E-state index < -0.39 is 18.2 Å². The molecular weight excluding hydrogens is 236 g/mol. The number of ether oxygens (including phenoxy) is 1. The number of likely N-dealkylation sites (tertiary alicyclic amines) is 1. The third-order valence-corrected chi connectivity index (χ3v) is 3.77. The zero-order valence-electron chi connectivity index (χ0n) is 10.6. The Kier molecular flexibility index (Phi) is 4.19. The zero-order valence-corrected chi connectivity index (χ0v) is 10.6. The average Bonchev–Trinajstić information content (AvgIpc) is 2.94. The predicted molar refractivity (Wildman–Crippen MR) is 64.2 cm³/mol. The van der Waals surface area contributed by atoms with Gasteiger partial charge >= 0.3 is 5.97 Å². The summed E-state index contributed by atoms with van der Waals surface area (Å²) in [7, 11) is 2.05. The van der Waals surface area contributed by atoms with Crippen molar-refractivity contribution in [1.82, 2.24) is 10.2 Å². The second kappa shape index (κ2) is 5.67. The van der Waals surface area contributed by atoms with Gasteiger partial charge in [0.2, 0.25) is 5.91 Å². The van der Waals surface area contributed by atoms with Crippen LogP contribution < -0.4 is 5.32 Å². The van der Waals surface area contributed by atoms with Gasteiger partial charge in [0.1, 0.15) is 6.10 Å². The van der Waals surface area contributed by atoms with Gasteiger partial charge in [0.25, 0.3) is 0 Å². The molecular formula is C12H20N2O4. The zero-order chi connectivity index (χ0) is 13.1. The molecule has 2 rings (SSSR count). The molecule has 2 fully saturated rings. The monoisotopic (exact) mass is 256 g/mol. The van der Waals surface area contributed by atoms with Gasteiger partial charge in [-0.15, -0.1) is 0 Å². The summed E-state index contributed by atoms with van der Waals surface area (Å²) >= 11 is 0. The molecule has 1 unspecified atom stereocenters. The molecule has 0 bridgehead atoms. The topological polar surface area (TPSA) is 78.9 Å². The standard InChI is InChI=1S/C12H20N2O4/c1-14-6-2-3-8(14)7-13-11(15)9-4-5-10(18-9)12(16)17/h8-10H,2-7H2,1H3,(H,13,15)(H,16,17)/t8?,9-,10+/m0/s1. The van der Waals surface area contributed by atoms with Crippen molar-refractivity contribution in [3.63, 3.8) is 0 Å². The minimum Gasteiger partial charge on any atom is -0.479 e. The fraction of sp³-hybridized carbons (Fsp3) is 0.833. The van der Waals surface area contributed by atoms with Crippen molar-refractivity contribution >= 4 is 11.9 Å². The van der Waals surface area contributed by atoms with Crippen LogP contribution >= 0.6 is 0 Å². The van der Waals surface area contributed by atoms with Gasteiger partial charge in [-0.2, -0.15) is 0 Å². The maximum atomic E-state index is 11.8. The minimum absolute atomic E-state index is 0.181. The average molecular weight is 256 g/mol. The van der Waals surface area contributed by atoms with Gasteiger partial charge in [0.05, 0.1) is 0 Å². The van der Waals surface area contributed by atoms with Crippen molar-refractivity contribution < 1.29 is 19.4 Å². The number of carbonyl (C=O) groups is 2. The van der Waals surface area contributed by atoms with Gasteiger partial charge in [-0.25, -0.2) is 4.79 Å². The summed E-state index contributed by atoms with van der Waals surface area (Å²) < 4.78 is 5.20. The van der Waals surface area contributed by atoms with Crippen molar-refractivity contribution in [1.29, 1.82) is 0 Å². The molecule has 0 aliphatic carbocycles. The first-order valence-corrected chi connectivity index (χ1v) is 6.44. The minimum atomic E-state index is -0.985. The molecule has 2 heterocycles.